The van der Waals surface area contributed by atoms with Crippen molar-refractivity contribution >= 4 is 43.0 Å². The second kappa shape index (κ2) is 14.6. The Morgan fingerprint density at radius 2 is 0.800 bits per heavy atom. The highest BCUT2D eigenvalue weighted by molar-refractivity contribution is 7.92. The number of rotatable bonds is 10. The molecular weight excluding hydrogens is 721 g/mol. The lowest BCUT2D eigenvalue weighted by atomic mass is 9.63. The molecular formula is C48H58O5S2. The molecule has 0 atom stereocenters. The van der Waals surface area contributed by atoms with Crippen LogP contribution in [0, 0.1) is 0 Å². The van der Waals surface area contributed by atoms with Crippen LogP contribution in [-0.2, 0) is 46.1 Å². The standard InChI is InChI=1S/C48H58O5S2/c1-33(37-15-21-41-43(29-37)47(7,8)25-23-45(41,3)4)27-35-11-17-39(18-12-35)54(49,50)31-53-32-55(51,52)40-19-13-36(14-20-40)28-34(2)38-16-22-42-44(30-38)48(9,10)26-24-46(42,5)6/h11-22,27-30H,23-26,31-32H2,1-10H3/b33-27+,34-28+. The molecule has 0 N–H and O–H groups in total. The minimum Gasteiger partial charge on any atom is -0.349 e. The summed E-state index contributed by atoms with van der Waals surface area (Å²) in [5, 5.41) is 0. The van der Waals surface area contributed by atoms with Gasteiger partial charge in [0.25, 0.3) is 0 Å². The van der Waals surface area contributed by atoms with Crippen LogP contribution in [0.1, 0.15) is 139 Å². The van der Waals surface area contributed by atoms with Crippen LogP contribution in [0.2, 0.25) is 0 Å². The predicted octanol–water partition coefficient (Wildman–Crippen LogP) is 11.7. The van der Waals surface area contributed by atoms with Crippen LogP contribution in [0.5, 0.6) is 0 Å². The van der Waals surface area contributed by atoms with Gasteiger partial charge in [0.05, 0.1) is 9.79 Å². The average molecular weight is 779 g/mol. The van der Waals surface area contributed by atoms with Crippen LogP contribution < -0.4 is 0 Å². The molecule has 0 fully saturated rings. The largest absolute Gasteiger partial charge is 0.349 e. The van der Waals surface area contributed by atoms with E-state index in [2.05, 4.69) is 118 Å². The van der Waals surface area contributed by atoms with Crippen molar-refractivity contribution in [2.45, 2.75) is 126 Å². The summed E-state index contributed by atoms with van der Waals surface area (Å²) >= 11 is 0. The molecule has 4 aromatic carbocycles. The van der Waals surface area contributed by atoms with Gasteiger partial charge in [-0.1, -0.05) is 128 Å². The van der Waals surface area contributed by atoms with Gasteiger partial charge in [0, 0.05) is 0 Å². The van der Waals surface area contributed by atoms with Gasteiger partial charge in [-0.05, 0) is 141 Å². The first-order chi connectivity index (χ1) is 25.5. The van der Waals surface area contributed by atoms with E-state index in [9.17, 15) is 16.8 Å². The molecule has 6 rings (SSSR count). The van der Waals surface area contributed by atoms with E-state index in [4.69, 9.17) is 4.74 Å². The lowest BCUT2D eigenvalue weighted by Gasteiger charge is -2.42. The lowest BCUT2D eigenvalue weighted by molar-refractivity contribution is 0.224. The van der Waals surface area contributed by atoms with E-state index in [0.717, 1.165) is 59.1 Å². The second-order valence-corrected chi connectivity index (χ2v) is 22.4. The van der Waals surface area contributed by atoms with E-state index in [-0.39, 0.29) is 31.5 Å². The molecule has 4 aromatic rings. The first-order valence-corrected chi connectivity index (χ1v) is 22.7. The minimum absolute atomic E-state index is 0.0789. The maximum Gasteiger partial charge on any atom is 0.202 e. The molecule has 0 aromatic heterocycles. The number of benzene rings is 4. The van der Waals surface area contributed by atoms with Crippen LogP contribution >= 0.6 is 0 Å². The summed E-state index contributed by atoms with van der Waals surface area (Å²) in [7, 11) is -7.76. The summed E-state index contributed by atoms with van der Waals surface area (Å²) in [6.45, 7) is 22.7. The van der Waals surface area contributed by atoms with Crippen LogP contribution in [0.15, 0.2) is 94.7 Å². The Kier molecular flexibility index (Phi) is 10.9. The molecule has 0 saturated carbocycles. The maximum atomic E-state index is 13.1. The van der Waals surface area contributed by atoms with Crippen LogP contribution in [0.4, 0.5) is 0 Å². The van der Waals surface area contributed by atoms with Gasteiger partial charge >= 0.3 is 0 Å². The Hall–Kier alpha value is -3.78. The fourth-order valence-corrected chi connectivity index (χ4v) is 10.4. The summed E-state index contributed by atoms with van der Waals surface area (Å²) in [5.41, 5.74) is 12.4. The van der Waals surface area contributed by atoms with Crippen molar-refractivity contribution in [2.75, 3.05) is 11.9 Å². The molecule has 0 radical (unpaired) electrons. The van der Waals surface area contributed by atoms with Gasteiger partial charge in [-0.15, -0.1) is 0 Å². The van der Waals surface area contributed by atoms with Crippen molar-refractivity contribution in [3.8, 4) is 0 Å². The third kappa shape index (κ3) is 8.65. The fourth-order valence-electron chi connectivity index (χ4n) is 8.27. The molecule has 0 aliphatic heterocycles. The zero-order valence-electron chi connectivity index (χ0n) is 34.3. The smallest absolute Gasteiger partial charge is 0.202 e. The Balaban J connectivity index is 1.08. The second-order valence-electron chi connectivity index (χ2n) is 18.5. The van der Waals surface area contributed by atoms with E-state index >= 15 is 0 Å². The number of ether oxygens (including phenoxy) is 1. The molecule has 0 unspecified atom stereocenters. The van der Waals surface area contributed by atoms with Gasteiger partial charge in [0.15, 0.2) is 11.9 Å². The number of allylic oxidation sites excluding steroid dienone is 2. The number of fused-ring (bicyclic) bond motifs is 2. The number of hydrogen-bond donors (Lipinski definition) is 0. The lowest BCUT2D eigenvalue weighted by Crippen LogP contribution is -2.33. The normalized spacial score (nSPS) is 19.0. The van der Waals surface area contributed by atoms with Crippen molar-refractivity contribution < 1.29 is 21.6 Å². The number of hydrogen-bond acceptors (Lipinski definition) is 5. The Morgan fingerprint density at radius 1 is 0.491 bits per heavy atom. The van der Waals surface area contributed by atoms with E-state index in [1.165, 1.54) is 22.3 Å². The molecule has 292 valence electrons. The topological polar surface area (TPSA) is 77.5 Å². The third-order valence-electron chi connectivity index (χ3n) is 12.3. The quantitative estimate of drug-likeness (QED) is 0.150. The molecule has 55 heavy (non-hydrogen) atoms. The van der Waals surface area contributed by atoms with E-state index in [1.807, 2.05) is 0 Å². The Labute approximate surface area is 330 Å². The zero-order valence-corrected chi connectivity index (χ0v) is 36.0. The first-order valence-electron chi connectivity index (χ1n) is 19.4. The summed E-state index contributed by atoms with van der Waals surface area (Å²) in [6.07, 6.45) is 8.73. The van der Waals surface area contributed by atoms with Gasteiger partial charge in [-0.25, -0.2) is 16.8 Å². The molecule has 0 amide bonds. The fraction of sp³-hybridized carbons (Fsp3) is 0.417. The van der Waals surface area contributed by atoms with Crippen LogP contribution in [-0.4, -0.2) is 28.7 Å². The van der Waals surface area contributed by atoms with E-state index in [1.54, 1.807) is 48.5 Å². The first kappa shape index (κ1) is 40.9. The van der Waals surface area contributed by atoms with Gasteiger partial charge in [-0.2, -0.15) is 0 Å². The summed E-state index contributed by atoms with van der Waals surface area (Å²) in [4.78, 5) is 0.158. The summed E-state index contributed by atoms with van der Waals surface area (Å²) in [6, 6.07) is 26.8. The SMILES string of the molecule is C/C(=C\c1ccc(S(=O)(=O)COCS(=O)(=O)c2ccc(/C=C(\C)c3ccc4c(c3)C(C)(C)CCC4(C)C)cc2)cc1)c1ccc2c(c1)C(C)(C)CCC2(C)C. The van der Waals surface area contributed by atoms with Gasteiger partial charge < -0.3 is 4.74 Å². The molecule has 0 saturated heterocycles. The van der Waals surface area contributed by atoms with Crippen molar-refractivity contribution in [3.05, 3.63) is 129 Å². The summed E-state index contributed by atoms with van der Waals surface area (Å²) in [5.74, 6) is -1.48. The maximum absolute atomic E-state index is 13.1. The highest BCUT2D eigenvalue weighted by atomic mass is 32.2. The molecule has 5 nitrogen and oxygen atoms in total. The van der Waals surface area contributed by atoms with Crippen molar-refractivity contribution in [1.29, 1.82) is 0 Å². The van der Waals surface area contributed by atoms with Gasteiger partial charge in [0.1, 0.15) is 0 Å². The molecule has 2 aliphatic carbocycles. The molecule has 0 spiro atoms. The Bertz CT molecular complexity index is 2200. The predicted molar refractivity (Wildman–Crippen MR) is 229 cm³/mol. The van der Waals surface area contributed by atoms with E-state index in [0.29, 0.717) is 0 Å². The van der Waals surface area contributed by atoms with Crippen molar-refractivity contribution in [3.63, 3.8) is 0 Å². The van der Waals surface area contributed by atoms with Crippen LogP contribution in [0.25, 0.3) is 23.3 Å². The Morgan fingerprint density at radius 3 is 1.13 bits per heavy atom. The highest BCUT2D eigenvalue weighted by Crippen LogP contribution is 2.47. The van der Waals surface area contributed by atoms with Crippen LogP contribution in [0.3, 0.4) is 0 Å². The average Bonchev–Trinajstić information content (AvgIpc) is 3.12. The molecule has 7 heteroatoms. The minimum atomic E-state index is -3.88. The third-order valence-corrected chi connectivity index (χ3v) is 15.3. The molecule has 2 aliphatic rings. The molecule has 0 bridgehead atoms. The zero-order chi connectivity index (χ0) is 40.2. The summed E-state index contributed by atoms with van der Waals surface area (Å²) < 4.78 is 57.8. The van der Waals surface area contributed by atoms with Crippen molar-refractivity contribution in [2.24, 2.45) is 0 Å². The van der Waals surface area contributed by atoms with E-state index < -0.39 is 31.6 Å². The monoisotopic (exact) mass is 778 g/mol. The van der Waals surface area contributed by atoms with Crippen molar-refractivity contribution in [1.82, 2.24) is 0 Å². The molecule has 0 heterocycles. The highest BCUT2D eigenvalue weighted by Gasteiger charge is 2.38. The number of sulfone groups is 2. The van der Waals surface area contributed by atoms with Gasteiger partial charge in [0.2, 0.25) is 19.7 Å². The van der Waals surface area contributed by atoms with Gasteiger partial charge in [-0.3, -0.25) is 0 Å².